The molecular weight excluding hydrogens is 338 g/mol. The van der Waals surface area contributed by atoms with Crippen molar-refractivity contribution in [2.45, 2.75) is 5.41 Å². The lowest BCUT2D eigenvalue weighted by Crippen LogP contribution is -2.28. The monoisotopic (exact) mass is 361 g/mol. The maximum absolute atomic E-state index is 2.31. The van der Waals surface area contributed by atoms with Gasteiger partial charge in [-0.2, -0.15) is 0 Å². The van der Waals surface area contributed by atoms with Gasteiger partial charge in [-0.05, 0) is 33.9 Å². The minimum atomic E-state index is -0.305. The third-order valence-electron chi connectivity index (χ3n) is 5.94. The summed E-state index contributed by atoms with van der Waals surface area (Å²) in [5.41, 5.74) is 8.96. The van der Waals surface area contributed by atoms with Gasteiger partial charge in [0.05, 0.1) is 5.41 Å². The minimum absolute atomic E-state index is 0.305. The zero-order chi connectivity index (χ0) is 19.1. The van der Waals surface area contributed by atoms with E-state index in [1.54, 1.807) is 0 Å². The Labute approximate surface area is 166 Å². The van der Waals surface area contributed by atoms with Crippen molar-refractivity contribution in [2.24, 2.45) is 0 Å². The summed E-state index contributed by atoms with van der Waals surface area (Å²) in [6, 6.07) is 37.5. The van der Waals surface area contributed by atoms with Gasteiger partial charge in [-0.25, -0.2) is 0 Å². The average Bonchev–Trinajstić information content (AvgIpc) is 3.06. The summed E-state index contributed by atoms with van der Waals surface area (Å²) in [4.78, 5) is 2.22. The van der Waals surface area contributed by atoms with Crippen molar-refractivity contribution in [1.29, 1.82) is 0 Å². The van der Waals surface area contributed by atoms with Gasteiger partial charge < -0.3 is 4.90 Å². The van der Waals surface area contributed by atoms with E-state index in [9.17, 15) is 0 Å². The summed E-state index contributed by atoms with van der Waals surface area (Å²) >= 11 is 0. The van der Waals surface area contributed by atoms with E-state index in [0.717, 1.165) is 0 Å². The molecule has 0 atom stereocenters. The lowest BCUT2D eigenvalue weighted by atomic mass is 9.68. The molecule has 4 aromatic carbocycles. The third kappa shape index (κ3) is 2.20. The molecular formula is C27H23N. The molecule has 4 aromatic rings. The molecule has 0 amide bonds. The Balaban J connectivity index is 1.99. The van der Waals surface area contributed by atoms with Crippen molar-refractivity contribution in [3.63, 3.8) is 0 Å². The van der Waals surface area contributed by atoms with E-state index < -0.39 is 0 Å². The molecule has 5 rings (SSSR count). The van der Waals surface area contributed by atoms with Crippen LogP contribution < -0.4 is 4.90 Å². The van der Waals surface area contributed by atoms with Crippen LogP contribution in [-0.4, -0.2) is 14.1 Å². The molecule has 0 saturated heterocycles. The van der Waals surface area contributed by atoms with Gasteiger partial charge in [-0.15, -0.1) is 0 Å². The Morgan fingerprint density at radius 1 is 0.536 bits per heavy atom. The van der Waals surface area contributed by atoms with Crippen LogP contribution in [0.1, 0.15) is 22.3 Å². The molecule has 0 spiro atoms. The summed E-state index contributed by atoms with van der Waals surface area (Å²) in [5.74, 6) is 0. The lowest BCUT2D eigenvalue weighted by molar-refractivity contribution is 0.768. The summed E-state index contributed by atoms with van der Waals surface area (Å²) in [5, 5.41) is 0. The van der Waals surface area contributed by atoms with Gasteiger partial charge in [0.2, 0.25) is 0 Å². The van der Waals surface area contributed by atoms with Gasteiger partial charge in [-0.3, -0.25) is 0 Å². The van der Waals surface area contributed by atoms with Crippen LogP contribution in [0, 0.1) is 0 Å². The normalized spacial score (nSPS) is 13.6. The zero-order valence-electron chi connectivity index (χ0n) is 16.3. The van der Waals surface area contributed by atoms with Crippen LogP contribution in [0.25, 0.3) is 11.1 Å². The van der Waals surface area contributed by atoms with Crippen molar-refractivity contribution in [1.82, 2.24) is 0 Å². The summed E-state index contributed by atoms with van der Waals surface area (Å²) < 4.78 is 0. The fourth-order valence-corrected chi connectivity index (χ4v) is 4.85. The minimum Gasteiger partial charge on any atom is -0.377 e. The van der Waals surface area contributed by atoms with Crippen molar-refractivity contribution >= 4 is 5.69 Å². The summed E-state index contributed by atoms with van der Waals surface area (Å²) in [6.07, 6.45) is 0. The predicted molar refractivity (Wildman–Crippen MR) is 118 cm³/mol. The predicted octanol–water partition coefficient (Wildman–Crippen LogP) is 6.12. The smallest absolute Gasteiger partial charge is 0.0714 e. The Kier molecular flexibility index (Phi) is 3.84. The number of benzene rings is 4. The molecule has 1 aliphatic carbocycles. The highest BCUT2D eigenvalue weighted by molar-refractivity contribution is 5.93. The van der Waals surface area contributed by atoms with Crippen LogP contribution in [0.5, 0.6) is 0 Å². The molecule has 0 saturated carbocycles. The molecule has 0 N–H and O–H groups in total. The lowest BCUT2D eigenvalue weighted by Gasteiger charge is -2.34. The Morgan fingerprint density at radius 2 is 1.07 bits per heavy atom. The van der Waals surface area contributed by atoms with E-state index in [2.05, 4.69) is 122 Å². The number of fused-ring (bicyclic) bond motifs is 3. The number of anilines is 1. The van der Waals surface area contributed by atoms with E-state index in [1.807, 2.05) is 0 Å². The second-order valence-corrected chi connectivity index (χ2v) is 7.62. The Hall–Kier alpha value is -3.32. The first-order valence-electron chi connectivity index (χ1n) is 9.76. The van der Waals surface area contributed by atoms with E-state index in [0.29, 0.717) is 0 Å². The van der Waals surface area contributed by atoms with Gasteiger partial charge in [0.1, 0.15) is 0 Å². The fraction of sp³-hybridized carbons (Fsp3) is 0.111. The van der Waals surface area contributed by atoms with E-state index in [1.165, 1.54) is 39.1 Å². The topological polar surface area (TPSA) is 3.24 Å². The van der Waals surface area contributed by atoms with Crippen molar-refractivity contribution in [3.8, 4) is 11.1 Å². The van der Waals surface area contributed by atoms with Crippen LogP contribution in [0.3, 0.4) is 0 Å². The first-order valence-corrected chi connectivity index (χ1v) is 9.76. The molecule has 136 valence electrons. The second-order valence-electron chi connectivity index (χ2n) is 7.62. The molecule has 0 heterocycles. The molecule has 1 heteroatoms. The van der Waals surface area contributed by atoms with Gasteiger partial charge in [0.25, 0.3) is 0 Å². The van der Waals surface area contributed by atoms with Crippen LogP contribution in [0.2, 0.25) is 0 Å². The molecule has 0 aliphatic heterocycles. The first kappa shape index (κ1) is 16.8. The number of nitrogens with zero attached hydrogens (tertiary/aromatic N) is 1. The number of hydrogen-bond acceptors (Lipinski definition) is 1. The first-order chi connectivity index (χ1) is 13.7. The standard InChI is InChI=1S/C27H23N/c1-28(2)25-19-11-18-24-26(25)22-16-9-10-17-23(22)27(24,20-12-5-3-6-13-20)21-14-7-4-8-15-21/h3-19H,1-2H3. The van der Waals surface area contributed by atoms with Crippen LogP contribution >= 0.6 is 0 Å². The second kappa shape index (κ2) is 6.38. The number of hydrogen-bond donors (Lipinski definition) is 0. The van der Waals surface area contributed by atoms with Crippen LogP contribution in [0.4, 0.5) is 5.69 Å². The molecule has 0 unspecified atom stereocenters. The third-order valence-corrected chi connectivity index (χ3v) is 5.94. The molecule has 1 aliphatic rings. The van der Waals surface area contributed by atoms with Gasteiger partial charge in [-0.1, -0.05) is 97.1 Å². The molecule has 28 heavy (non-hydrogen) atoms. The van der Waals surface area contributed by atoms with Gasteiger partial charge >= 0.3 is 0 Å². The maximum Gasteiger partial charge on any atom is 0.0714 e. The highest BCUT2D eigenvalue weighted by Crippen LogP contribution is 2.57. The fourth-order valence-electron chi connectivity index (χ4n) is 4.85. The summed E-state index contributed by atoms with van der Waals surface area (Å²) in [6.45, 7) is 0. The SMILES string of the molecule is CN(C)c1cccc2c1-c1ccccc1C2(c1ccccc1)c1ccccc1. The molecule has 0 bridgehead atoms. The van der Waals surface area contributed by atoms with E-state index in [4.69, 9.17) is 0 Å². The molecule has 1 nitrogen and oxygen atoms in total. The largest absolute Gasteiger partial charge is 0.377 e. The zero-order valence-corrected chi connectivity index (χ0v) is 16.3. The quantitative estimate of drug-likeness (QED) is 0.374. The van der Waals surface area contributed by atoms with E-state index >= 15 is 0 Å². The summed E-state index contributed by atoms with van der Waals surface area (Å²) in [7, 11) is 4.26. The van der Waals surface area contributed by atoms with E-state index in [-0.39, 0.29) is 5.41 Å². The Morgan fingerprint density at radius 3 is 1.68 bits per heavy atom. The van der Waals surface area contributed by atoms with Crippen molar-refractivity contribution in [2.75, 3.05) is 19.0 Å². The van der Waals surface area contributed by atoms with Gasteiger partial charge in [0, 0.05) is 25.3 Å². The van der Waals surface area contributed by atoms with Gasteiger partial charge in [0.15, 0.2) is 0 Å². The number of rotatable bonds is 3. The average molecular weight is 361 g/mol. The van der Waals surface area contributed by atoms with Crippen molar-refractivity contribution in [3.05, 3.63) is 125 Å². The Bertz CT molecular complexity index is 1090. The molecule has 0 aromatic heterocycles. The molecule has 0 radical (unpaired) electrons. The highest BCUT2D eigenvalue weighted by atomic mass is 15.1. The van der Waals surface area contributed by atoms with Crippen LogP contribution in [-0.2, 0) is 5.41 Å². The van der Waals surface area contributed by atoms with Crippen LogP contribution in [0.15, 0.2) is 103 Å². The molecule has 0 fully saturated rings. The highest BCUT2D eigenvalue weighted by Gasteiger charge is 2.46. The van der Waals surface area contributed by atoms with Crippen molar-refractivity contribution < 1.29 is 0 Å². The maximum atomic E-state index is 2.31.